The van der Waals surface area contributed by atoms with Crippen molar-refractivity contribution in [3.05, 3.63) is 29.8 Å². The van der Waals surface area contributed by atoms with Crippen LogP contribution in [-0.4, -0.2) is 51.3 Å². The van der Waals surface area contributed by atoms with Gasteiger partial charge in [-0.2, -0.15) is 4.31 Å². The lowest BCUT2D eigenvalue weighted by atomic mass is 10.2. The van der Waals surface area contributed by atoms with Crippen molar-refractivity contribution >= 4 is 21.8 Å². The molecule has 0 aliphatic heterocycles. The van der Waals surface area contributed by atoms with E-state index in [-0.39, 0.29) is 23.6 Å². The fourth-order valence-electron chi connectivity index (χ4n) is 1.59. The monoisotopic (exact) mass is 315 g/mol. The van der Waals surface area contributed by atoms with E-state index >= 15 is 0 Å². The van der Waals surface area contributed by atoms with E-state index in [0.29, 0.717) is 0 Å². The highest BCUT2D eigenvalue weighted by Gasteiger charge is 2.25. The lowest BCUT2D eigenvalue weighted by Crippen LogP contribution is -2.40. The first-order valence-corrected chi connectivity index (χ1v) is 7.40. The summed E-state index contributed by atoms with van der Waals surface area (Å²) in [6, 6.07) is 5.09. The number of rotatable bonds is 8. The Labute approximate surface area is 122 Å². The molecule has 0 aliphatic rings. The summed E-state index contributed by atoms with van der Waals surface area (Å²) in [7, 11) is -2.50. The number of hydrogen-bond acceptors (Lipinski definition) is 5. The Bertz CT molecular complexity index is 612. The van der Waals surface area contributed by atoms with E-state index in [2.05, 4.69) is 0 Å². The van der Waals surface area contributed by atoms with Gasteiger partial charge in [-0.05, 0) is 24.3 Å². The predicted molar refractivity (Wildman–Crippen MR) is 74.8 cm³/mol. The second kappa shape index (κ2) is 7.16. The van der Waals surface area contributed by atoms with Crippen LogP contribution in [0.5, 0.6) is 0 Å². The summed E-state index contributed by atoms with van der Waals surface area (Å²) in [5.74, 6) is -1.43. The SMILES string of the molecule is COCCN(CC(N)=O)S(=O)(=O)c1ccc(C(N)=O)cc1. The molecule has 4 N–H and O–H groups in total. The smallest absolute Gasteiger partial charge is 0.248 e. The van der Waals surface area contributed by atoms with Crippen LogP contribution in [0, 0.1) is 0 Å². The van der Waals surface area contributed by atoms with Crippen molar-refractivity contribution in [3.63, 3.8) is 0 Å². The van der Waals surface area contributed by atoms with Gasteiger partial charge in [0.15, 0.2) is 0 Å². The third-order valence-corrected chi connectivity index (χ3v) is 4.51. The van der Waals surface area contributed by atoms with Crippen molar-refractivity contribution in [2.24, 2.45) is 11.5 Å². The minimum absolute atomic E-state index is 0.0145. The van der Waals surface area contributed by atoms with Crippen LogP contribution >= 0.6 is 0 Å². The molecule has 1 aromatic carbocycles. The Morgan fingerprint density at radius 3 is 2.19 bits per heavy atom. The van der Waals surface area contributed by atoms with Crippen LogP contribution < -0.4 is 11.5 Å². The highest BCUT2D eigenvalue weighted by molar-refractivity contribution is 7.89. The number of nitrogens with zero attached hydrogens (tertiary/aromatic N) is 1. The highest BCUT2D eigenvalue weighted by Crippen LogP contribution is 2.16. The van der Waals surface area contributed by atoms with Gasteiger partial charge in [0.2, 0.25) is 21.8 Å². The Hall–Kier alpha value is -1.97. The number of carbonyl (C=O) groups is 2. The Morgan fingerprint density at radius 2 is 1.76 bits per heavy atom. The highest BCUT2D eigenvalue weighted by atomic mass is 32.2. The van der Waals surface area contributed by atoms with Crippen molar-refractivity contribution in [2.45, 2.75) is 4.90 Å². The van der Waals surface area contributed by atoms with Crippen LogP contribution in [-0.2, 0) is 19.6 Å². The maximum absolute atomic E-state index is 12.4. The standard InChI is InChI=1S/C12H17N3O5S/c1-20-7-6-15(8-11(13)16)21(18,19)10-4-2-9(3-5-10)12(14)17/h2-5H,6-8H2,1H3,(H2,13,16)(H2,14,17). The number of hydrogen-bond donors (Lipinski definition) is 2. The Morgan fingerprint density at radius 1 is 1.19 bits per heavy atom. The normalized spacial score (nSPS) is 11.5. The second-order valence-corrected chi connectivity index (χ2v) is 6.12. The molecule has 0 aromatic heterocycles. The van der Waals surface area contributed by atoms with E-state index in [1.165, 1.54) is 31.4 Å². The van der Waals surface area contributed by atoms with Crippen molar-refractivity contribution in [2.75, 3.05) is 26.8 Å². The third-order valence-electron chi connectivity index (χ3n) is 2.65. The van der Waals surface area contributed by atoms with Crippen molar-refractivity contribution in [3.8, 4) is 0 Å². The minimum atomic E-state index is -3.91. The number of ether oxygens (including phenoxy) is 1. The molecule has 0 saturated carbocycles. The van der Waals surface area contributed by atoms with Gasteiger partial charge >= 0.3 is 0 Å². The Balaban J connectivity index is 3.08. The number of amides is 2. The summed E-state index contributed by atoms with van der Waals surface area (Å²) in [4.78, 5) is 21.9. The molecular formula is C12H17N3O5S. The molecule has 1 rings (SSSR count). The van der Waals surface area contributed by atoms with Gasteiger partial charge < -0.3 is 16.2 Å². The first kappa shape index (κ1) is 17.1. The molecule has 116 valence electrons. The summed E-state index contributed by atoms with van der Waals surface area (Å²) in [6.45, 7) is -0.353. The molecule has 0 saturated heterocycles. The topological polar surface area (TPSA) is 133 Å². The predicted octanol–water partition coefficient (Wildman–Crippen LogP) is -1.09. The lowest BCUT2D eigenvalue weighted by Gasteiger charge is -2.20. The van der Waals surface area contributed by atoms with E-state index in [1.54, 1.807) is 0 Å². The van der Waals surface area contributed by atoms with Crippen LogP contribution in [0.2, 0.25) is 0 Å². The van der Waals surface area contributed by atoms with E-state index < -0.39 is 28.4 Å². The molecule has 0 fully saturated rings. The molecular weight excluding hydrogens is 298 g/mol. The van der Waals surface area contributed by atoms with Gasteiger partial charge in [0.25, 0.3) is 0 Å². The molecule has 0 bridgehead atoms. The van der Waals surface area contributed by atoms with Gasteiger partial charge in [-0.15, -0.1) is 0 Å². The number of sulfonamides is 1. The van der Waals surface area contributed by atoms with Crippen LogP contribution in [0.4, 0.5) is 0 Å². The van der Waals surface area contributed by atoms with Crippen LogP contribution in [0.1, 0.15) is 10.4 Å². The van der Waals surface area contributed by atoms with E-state index in [4.69, 9.17) is 16.2 Å². The number of benzene rings is 1. The fraction of sp³-hybridized carbons (Fsp3) is 0.333. The van der Waals surface area contributed by atoms with Gasteiger partial charge in [0, 0.05) is 19.2 Å². The molecule has 9 heteroatoms. The van der Waals surface area contributed by atoms with Gasteiger partial charge in [0.1, 0.15) is 0 Å². The first-order valence-electron chi connectivity index (χ1n) is 5.96. The van der Waals surface area contributed by atoms with Crippen molar-refractivity contribution in [1.29, 1.82) is 0 Å². The lowest BCUT2D eigenvalue weighted by molar-refractivity contribution is -0.118. The summed E-state index contributed by atoms with van der Waals surface area (Å²) in [5, 5.41) is 0. The maximum Gasteiger partial charge on any atom is 0.248 e. The van der Waals surface area contributed by atoms with Gasteiger partial charge in [-0.1, -0.05) is 0 Å². The first-order chi connectivity index (χ1) is 9.78. The number of carbonyl (C=O) groups excluding carboxylic acids is 2. The molecule has 0 atom stereocenters. The molecule has 0 spiro atoms. The number of nitrogens with two attached hydrogens (primary N) is 2. The maximum atomic E-state index is 12.4. The number of methoxy groups -OCH3 is 1. The fourth-order valence-corrected chi connectivity index (χ4v) is 2.98. The quantitative estimate of drug-likeness (QED) is 0.629. The van der Waals surface area contributed by atoms with Crippen LogP contribution in [0.15, 0.2) is 29.2 Å². The molecule has 8 nitrogen and oxygen atoms in total. The average Bonchev–Trinajstić information content (AvgIpc) is 2.43. The zero-order valence-electron chi connectivity index (χ0n) is 11.5. The molecule has 0 unspecified atom stereocenters. The molecule has 21 heavy (non-hydrogen) atoms. The molecule has 2 amide bonds. The largest absolute Gasteiger partial charge is 0.383 e. The van der Waals surface area contributed by atoms with E-state index in [0.717, 1.165) is 4.31 Å². The third kappa shape index (κ3) is 4.52. The van der Waals surface area contributed by atoms with E-state index in [9.17, 15) is 18.0 Å². The summed E-state index contributed by atoms with van der Waals surface area (Å²) in [5.41, 5.74) is 10.3. The average molecular weight is 315 g/mol. The zero-order chi connectivity index (χ0) is 16.0. The molecule has 0 aliphatic carbocycles. The second-order valence-electron chi connectivity index (χ2n) is 4.19. The van der Waals surface area contributed by atoms with Crippen LogP contribution in [0.3, 0.4) is 0 Å². The van der Waals surface area contributed by atoms with Crippen molar-refractivity contribution in [1.82, 2.24) is 4.31 Å². The summed E-state index contributed by atoms with van der Waals surface area (Å²) < 4.78 is 30.5. The molecule has 0 radical (unpaired) electrons. The van der Waals surface area contributed by atoms with Gasteiger partial charge in [0.05, 0.1) is 18.0 Å². The minimum Gasteiger partial charge on any atom is -0.383 e. The van der Waals surface area contributed by atoms with Crippen LogP contribution in [0.25, 0.3) is 0 Å². The number of primary amides is 2. The molecule has 0 heterocycles. The summed E-state index contributed by atoms with van der Waals surface area (Å²) >= 11 is 0. The van der Waals surface area contributed by atoms with E-state index in [1.807, 2.05) is 0 Å². The van der Waals surface area contributed by atoms with Gasteiger partial charge in [-0.25, -0.2) is 8.42 Å². The Kier molecular flexibility index (Phi) is 5.82. The van der Waals surface area contributed by atoms with Gasteiger partial charge in [-0.3, -0.25) is 9.59 Å². The van der Waals surface area contributed by atoms with Crippen molar-refractivity contribution < 1.29 is 22.7 Å². The summed E-state index contributed by atoms with van der Waals surface area (Å²) in [6.07, 6.45) is 0. The zero-order valence-corrected chi connectivity index (χ0v) is 12.3. The molecule has 1 aromatic rings.